The van der Waals surface area contributed by atoms with Crippen molar-refractivity contribution in [3.05, 3.63) is 133 Å². The number of fused-ring (bicyclic) bond motifs is 9. The van der Waals surface area contributed by atoms with Crippen LogP contribution in [0.5, 0.6) is 0 Å². The van der Waals surface area contributed by atoms with E-state index < -0.39 is 8.07 Å². The maximum absolute atomic E-state index is 2.63. The SMILES string of the molecule is CC(C)(C)c1ccc2c(c1)-c1ccc3ccc4c5ccccc5sc4c3c1[Si]2(c1ccccc1)c1ccccc1. The number of benzene rings is 6. The van der Waals surface area contributed by atoms with Gasteiger partial charge in [0.2, 0.25) is 0 Å². The maximum Gasteiger partial charge on any atom is 0.181 e. The third-order valence-corrected chi connectivity index (χ3v) is 15.0. The lowest BCUT2D eigenvalue weighted by Gasteiger charge is -2.32. The van der Waals surface area contributed by atoms with Gasteiger partial charge in [-0.25, -0.2) is 0 Å². The van der Waals surface area contributed by atoms with E-state index in [2.05, 4.69) is 148 Å². The molecule has 6 aromatic carbocycles. The fraction of sp³-hybridized carbons (Fsp3) is 0.105. The third-order valence-electron chi connectivity index (χ3n) is 8.90. The van der Waals surface area contributed by atoms with Gasteiger partial charge < -0.3 is 0 Å². The van der Waals surface area contributed by atoms with Crippen molar-refractivity contribution in [1.82, 2.24) is 0 Å². The Morgan fingerprint density at radius 1 is 0.575 bits per heavy atom. The van der Waals surface area contributed by atoms with Crippen LogP contribution in [0.4, 0.5) is 0 Å². The predicted octanol–water partition coefficient (Wildman–Crippen LogP) is 7.86. The summed E-state index contributed by atoms with van der Waals surface area (Å²) in [6, 6.07) is 48.6. The van der Waals surface area contributed by atoms with E-state index in [1.165, 1.54) is 63.2 Å². The van der Waals surface area contributed by atoms with Gasteiger partial charge in [0.1, 0.15) is 0 Å². The molecule has 7 aromatic rings. The minimum absolute atomic E-state index is 0.0804. The molecule has 40 heavy (non-hydrogen) atoms. The van der Waals surface area contributed by atoms with E-state index in [1.807, 2.05) is 11.3 Å². The molecule has 0 atom stereocenters. The van der Waals surface area contributed by atoms with Gasteiger partial charge in [0, 0.05) is 25.6 Å². The number of hydrogen-bond acceptors (Lipinski definition) is 1. The Balaban J connectivity index is 1.63. The van der Waals surface area contributed by atoms with Crippen LogP contribution >= 0.6 is 11.3 Å². The van der Waals surface area contributed by atoms with E-state index in [4.69, 9.17) is 0 Å². The first kappa shape index (κ1) is 23.9. The first-order chi connectivity index (χ1) is 19.5. The summed E-state index contributed by atoms with van der Waals surface area (Å²) in [4.78, 5) is 0. The number of thiophene rings is 1. The fourth-order valence-electron chi connectivity index (χ4n) is 7.04. The smallest absolute Gasteiger partial charge is 0.135 e. The lowest BCUT2D eigenvalue weighted by molar-refractivity contribution is 0.590. The van der Waals surface area contributed by atoms with E-state index in [0.717, 1.165) is 0 Å². The molecule has 0 amide bonds. The molecule has 0 fully saturated rings. The molecule has 2 heterocycles. The van der Waals surface area contributed by atoms with Crippen LogP contribution < -0.4 is 20.7 Å². The normalized spacial score (nSPS) is 14.1. The lowest BCUT2D eigenvalue weighted by atomic mass is 9.85. The molecule has 1 aliphatic heterocycles. The fourth-order valence-corrected chi connectivity index (χ4v) is 13.8. The van der Waals surface area contributed by atoms with Gasteiger partial charge in [-0.05, 0) is 54.3 Å². The Labute approximate surface area is 240 Å². The van der Waals surface area contributed by atoms with Gasteiger partial charge in [-0.3, -0.25) is 0 Å². The molecular formula is C38H30SSi. The van der Waals surface area contributed by atoms with Crippen LogP contribution in [0.15, 0.2) is 127 Å². The maximum atomic E-state index is 2.51. The van der Waals surface area contributed by atoms with Crippen LogP contribution in [0, 0.1) is 0 Å². The van der Waals surface area contributed by atoms with Crippen LogP contribution in [-0.4, -0.2) is 8.07 Å². The molecule has 0 bridgehead atoms. The minimum atomic E-state index is -2.63. The highest BCUT2D eigenvalue weighted by molar-refractivity contribution is 7.28. The zero-order chi connectivity index (χ0) is 27.1. The highest BCUT2D eigenvalue weighted by Crippen LogP contribution is 2.42. The van der Waals surface area contributed by atoms with Crippen molar-refractivity contribution < 1.29 is 0 Å². The van der Waals surface area contributed by atoms with Gasteiger partial charge in [-0.1, -0.05) is 142 Å². The summed E-state index contributed by atoms with van der Waals surface area (Å²) in [6.45, 7) is 6.97. The van der Waals surface area contributed by atoms with Gasteiger partial charge in [-0.15, -0.1) is 11.3 Å². The van der Waals surface area contributed by atoms with Gasteiger partial charge in [0.05, 0.1) is 0 Å². The van der Waals surface area contributed by atoms with Crippen molar-refractivity contribution >= 4 is 71.1 Å². The third kappa shape index (κ3) is 3.18. The molecule has 0 aliphatic carbocycles. The van der Waals surface area contributed by atoms with Gasteiger partial charge >= 0.3 is 0 Å². The average Bonchev–Trinajstić information content (AvgIpc) is 3.51. The molecule has 0 nitrogen and oxygen atoms in total. The van der Waals surface area contributed by atoms with Crippen molar-refractivity contribution in [1.29, 1.82) is 0 Å². The Kier molecular flexibility index (Phi) is 5.08. The van der Waals surface area contributed by atoms with Crippen LogP contribution in [0.25, 0.3) is 42.1 Å². The topological polar surface area (TPSA) is 0 Å². The van der Waals surface area contributed by atoms with Crippen LogP contribution in [0.2, 0.25) is 0 Å². The van der Waals surface area contributed by atoms with Crippen molar-refractivity contribution in [2.24, 2.45) is 0 Å². The van der Waals surface area contributed by atoms with Crippen molar-refractivity contribution in [2.75, 3.05) is 0 Å². The average molecular weight is 547 g/mol. The summed E-state index contributed by atoms with van der Waals surface area (Å²) in [6.07, 6.45) is 0. The molecule has 192 valence electrons. The standard InChI is InChI=1S/C38H30SSi/c1-38(2,3)26-20-23-34-32(24-26)31-22-19-25-18-21-30-29-16-10-11-17-33(29)39-36(30)35(25)37(31)40(34,27-12-6-4-7-13-27)28-14-8-5-9-15-28/h4-24H,1-3H3. The first-order valence-corrected chi connectivity index (χ1v) is 16.9. The van der Waals surface area contributed by atoms with E-state index in [0.29, 0.717) is 0 Å². The van der Waals surface area contributed by atoms with Crippen molar-refractivity contribution in [3.8, 4) is 11.1 Å². The molecule has 1 aromatic heterocycles. The Morgan fingerprint density at radius 2 is 1.23 bits per heavy atom. The summed E-state index contributed by atoms with van der Waals surface area (Å²) in [5.74, 6) is 0. The second-order valence-electron chi connectivity index (χ2n) is 12.1. The zero-order valence-corrected chi connectivity index (χ0v) is 24.8. The Bertz CT molecular complexity index is 2040. The molecule has 8 rings (SSSR count). The first-order valence-electron chi connectivity index (χ1n) is 14.1. The van der Waals surface area contributed by atoms with Crippen LogP contribution in [0.3, 0.4) is 0 Å². The summed E-state index contributed by atoms with van der Waals surface area (Å²) in [7, 11) is -2.63. The summed E-state index contributed by atoms with van der Waals surface area (Å²) < 4.78 is 2.78. The molecule has 0 saturated heterocycles. The molecule has 0 radical (unpaired) electrons. The van der Waals surface area contributed by atoms with Gasteiger partial charge in [-0.2, -0.15) is 0 Å². The van der Waals surface area contributed by atoms with E-state index in [-0.39, 0.29) is 5.41 Å². The summed E-state index contributed by atoms with van der Waals surface area (Å²) >= 11 is 1.96. The van der Waals surface area contributed by atoms with Crippen molar-refractivity contribution in [2.45, 2.75) is 26.2 Å². The molecule has 0 saturated carbocycles. The molecule has 0 spiro atoms. The van der Waals surface area contributed by atoms with Crippen molar-refractivity contribution in [3.63, 3.8) is 0 Å². The number of rotatable bonds is 2. The van der Waals surface area contributed by atoms with E-state index in [9.17, 15) is 0 Å². The Hall–Kier alpha value is -3.98. The predicted molar refractivity (Wildman–Crippen MR) is 178 cm³/mol. The monoisotopic (exact) mass is 546 g/mol. The molecular weight excluding hydrogens is 517 g/mol. The zero-order valence-electron chi connectivity index (χ0n) is 23.0. The second-order valence-corrected chi connectivity index (χ2v) is 16.9. The van der Waals surface area contributed by atoms with Crippen LogP contribution in [0.1, 0.15) is 26.3 Å². The van der Waals surface area contributed by atoms with Gasteiger partial charge in [0.25, 0.3) is 0 Å². The molecule has 0 N–H and O–H groups in total. The largest absolute Gasteiger partial charge is 0.181 e. The molecule has 1 aliphatic rings. The molecule has 0 unspecified atom stereocenters. The van der Waals surface area contributed by atoms with E-state index in [1.54, 1.807) is 5.19 Å². The van der Waals surface area contributed by atoms with Crippen LogP contribution in [-0.2, 0) is 5.41 Å². The number of hydrogen-bond donors (Lipinski definition) is 0. The lowest BCUT2D eigenvalue weighted by Crippen LogP contribution is -2.73. The molecule has 2 heteroatoms. The minimum Gasteiger partial charge on any atom is -0.135 e. The second kappa shape index (κ2) is 8.51. The quantitative estimate of drug-likeness (QED) is 0.194. The van der Waals surface area contributed by atoms with E-state index >= 15 is 0 Å². The highest BCUT2D eigenvalue weighted by Gasteiger charge is 2.50. The van der Waals surface area contributed by atoms with Gasteiger partial charge in [0.15, 0.2) is 8.07 Å². The highest BCUT2D eigenvalue weighted by atomic mass is 32.1. The Morgan fingerprint density at radius 3 is 1.93 bits per heavy atom. The summed E-state index contributed by atoms with van der Waals surface area (Å²) in [5, 5.41) is 11.5. The summed E-state index contributed by atoms with van der Waals surface area (Å²) in [5.41, 5.74) is 4.31.